The summed E-state index contributed by atoms with van der Waals surface area (Å²) in [5.74, 6) is -0.261. The smallest absolute Gasteiger partial charge is 0.187 e. The Bertz CT molecular complexity index is 1480. The van der Waals surface area contributed by atoms with E-state index in [0.29, 0.717) is 32.1 Å². The Balaban J connectivity index is 1.14. The summed E-state index contributed by atoms with van der Waals surface area (Å²) in [6.07, 6.45) is -8.99. The lowest BCUT2D eigenvalue weighted by molar-refractivity contribution is -0.368. The summed E-state index contributed by atoms with van der Waals surface area (Å²) in [5.41, 5.74) is -1.68. The quantitative estimate of drug-likeness (QED) is 0.126. The zero-order chi connectivity index (χ0) is 41.1. The van der Waals surface area contributed by atoms with Gasteiger partial charge in [-0.15, -0.1) is 0 Å². The third-order valence-corrected chi connectivity index (χ3v) is 17.4. The number of allylic oxidation sites excluding steroid dienone is 1. The van der Waals surface area contributed by atoms with Crippen LogP contribution in [-0.4, -0.2) is 151 Å². The number of hydrogen-bond donors (Lipinski definition) is 10. The topological polar surface area (TPSA) is 239 Å². The van der Waals surface area contributed by atoms with Gasteiger partial charge in [-0.1, -0.05) is 53.2 Å². The van der Waals surface area contributed by atoms with Crippen molar-refractivity contribution >= 4 is 0 Å². The fraction of sp³-hybridized carbons (Fsp3) is 0.952. The van der Waals surface area contributed by atoms with Crippen LogP contribution in [0.25, 0.3) is 0 Å². The van der Waals surface area contributed by atoms with E-state index < -0.39 is 103 Å². The minimum atomic E-state index is -1.75. The van der Waals surface area contributed by atoms with Crippen LogP contribution in [0.15, 0.2) is 11.6 Å². The SMILES string of the molecule is C[C@H]1O[C@@H](O[C@H]2CC[C@@]3(C)[C@@H](CC[C@]4(C)[C@@H]3[C@@H](O)C[C@H]3C5=CC(C)(C)CC[C@]5(CO)[C@@H](O)C[C@]34C)[C@]2(C)CO)[C@H](O)[C@@H](O[C@@H]2O[C@H](CO)[C@@H](O)[C@H](O)[C@H]2O)[C@H]1O. The monoisotopic (exact) mass is 798 g/mol. The molecule has 14 heteroatoms. The molecule has 21 atom stereocenters. The molecule has 6 fully saturated rings. The van der Waals surface area contributed by atoms with Crippen molar-refractivity contribution in [3.05, 3.63) is 11.6 Å². The van der Waals surface area contributed by atoms with E-state index in [1.54, 1.807) is 6.92 Å². The molecule has 2 aliphatic heterocycles. The van der Waals surface area contributed by atoms with Crippen LogP contribution in [-0.2, 0) is 18.9 Å². The first-order chi connectivity index (χ1) is 26.1. The molecule has 0 amide bonds. The molecule has 4 saturated carbocycles. The molecule has 56 heavy (non-hydrogen) atoms. The maximum Gasteiger partial charge on any atom is 0.187 e. The Morgan fingerprint density at radius 1 is 0.714 bits per heavy atom. The third-order valence-electron chi connectivity index (χ3n) is 17.4. The highest BCUT2D eigenvalue weighted by atomic mass is 16.7. The summed E-state index contributed by atoms with van der Waals surface area (Å²) in [6, 6.07) is 0. The van der Waals surface area contributed by atoms with E-state index in [9.17, 15) is 51.1 Å². The van der Waals surface area contributed by atoms with Crippen LogP contribution >= 0.6 is 0 Å². The van der Waals surface area contributed by atoms with Gasteiger partial charge in [-0.3, -0.25) is 0 Å². The Morgan fingerprint density at radius 2 is 1.39 bits per heavy atom. The highest BCUT2D eigenvalue weighted by molar-refractivity contribution is 5.35. The molecule has 0 aromatic heterocycles. The lowest BCUT2D eigenvalue weighted by Gasteiger charge is -2.74. The van der Waals surface area contributed by atoms with E-state index in [1.807, 2.05) is 6.92 Å². The average molecular weight is 799 g/mol. The molecule has 14 nitrogen and oxygen atoms in total. The summed E-state index contributed by atoms with van der Waals surface area (Å²) in [4.78, 5) is 0. The molecule has 322 valence electrons. The first-order valence-electron chi connectivity index (χ1n) is 21.0. The van der Waals surface area contributed by atoms with E-state index in [1.165, 1.54) is 0 Å². The molecular formula is C42H70O14. The van der Waals surface area contributed by atoms with Crippen molar-refractivity contribution in [2.45, 2.75) is 180 Å². The van der Waals surface area contributed by atoms with Crippen LogP contribution in [0.5, 0.6) is 0 Å². The van der Waals surface area contributed by atoms with Crippen molar-refractivity contribution in [1.29, 1.82) is 0 Å². The lowest BCUT2D eigenvalue weighted by Crippen LogP contribution is -2.71. The van der Waals surface area contributed by atoms with E-state index in [0.717, 1.165) is 24.8 Å². The van der Waals surface area contributed by atoms with Gasteiger partial charge in [-0.25, -0.2) is 0 Å². The molecule has 0 bridgehead atoms. The van der Waals surface area contributed by atoms with Crippen molar-refractivity contribution in [3.8, 4) is 0 Å². The number of aliphatic hydroxyl groups excluding tert-OH is 10. The van der Waals surface area contributed by atoms with Crippen LogP contribution in [0.3, 0.4) is 0 Å². The second kappa shape index (κ2) is 14.7. The van der Waals surface area contributed by atoms with Gasteiger partial charge in [-0.05, 0) is 97.7 Å². The zero-order valence-corrected chi connectivity index (χ0v) is 34.2. The summed E-state index contributed by atoms with van der Waals surface area (Å²) in [6.45, 7) is 13.8. The van der Waals surface area contributed by atoms with Crippen molar-refractivity contribution in [1.82, 2.24) is 0 Å². The number of rotatable bonds is 7. The summed E-state index contributed by atoms with van der Waals surface area (Å²) in [5, 5.41) is 110. The highest BCUT2D eigenvalue weighted by Crippen LogP contribution is 2.76. The van der Waals surface area contributed by atoms with Crippen molar-refractivity contribution in [2.75, 3.05) is 19.8 Å². The van der Waals surface area contributed by atoms with E-state index in [4.69, 9.17) is 18.9 Å². The Kier molecular flexibility index (Phi) is 11.3. The molecule has 0 radical (unpaired) electrons. The molecular weight excluding hydrogens is 728 g/mol. The number of aliphatic hydroxyl groups is 10. The maximum atomic E-state index is 12.5. The van der Waals surface area contributed by atoms with Crippen LogP contribution in [0, 0.1) is 50.2 Å². The van der Waals surface area contributed by atoms with E-state index in [-0.39, 0.29) is 47.2 Å². The van der Waals surface area contributed by atoms with Crippen LogP contribution < -0.4 is 0 Å². The van der Waals surface area contributed by atoms with Crippen LogP contribution in [0.4, 0.5) is 0 Å². The van der Waals surface area contributed by atoms with Gasteiger partial charge in [0.2, 0.25) is 0 Å². The predicted molar refractivity (Wildman–Crippen MR) is 200 cm³/mol. The van der Waals surface area contributed by atoms with Crippen LogP contribution in [0.1, 0.15) is 99.8 Å². The molecule has 7 rings (SSSR count). The largest absolute Gasteiger partial charge is 0.396 e. The van der Waals surface area contributed by atoms with E-state index in [2.05, 4.69) is 40.7 Å². The molecule has 2 saturated heterocycles. The Labute approximate surface area is 330 Å². The number of fused-ring (bicyclic) bond motifs is 7. The maximum absolute atomic E-state index is 12.5. The van der Waals surface area contributed by atoms with Crippen molar-refractivity contribution in [2.24, 2.45) is 50.2 Å². The molecule has 0 spiro atoms. The molecule has 5 aliphatic carbocycles. The fourth-order valence-corrected chi connectivity index (χ4v) is 13.9. The number of hydrogen-bond acceptors (Lipinski definition) is 14. The first kappa shape index (κ1) is 43.3. The minimum absolute atomic E-state index is 0.00153. The van der Waals surface area contributed by atoms with Crippen molar-refractivity contribution < 1.29 is 70.0 Å². The van der Waals surface area contributed by atoms with Gasteiger partial charge in [0, 0.05) is 10.8 Å². The molecule has 0 aromatic rings. The molecule has 2 heterocycles. The summed E-state index contributed by atoms with van der Waals surface area (Å²) in [7, 11) is 0. The lowest BCUT2D eigenvalue weighted by atomic mass is 9.31. The predicted octanol–water partition coefficient (Wildman–Crippen LogP) is 0.731. The molecule has 0 aromatic carbocycles. The zero-order valence-electron chi connectivity index (χ0n) is 34.2. The van der Waals surface area contributed by atoms with Gasteiger partial charge in [0.05, 0.1) is 44.2 Å². The molecule has 10 N–H and O–H groups in total. The second-order valence-electron chi connectivity index (χ2n) is 20.7. The Morgan fingerprint density at radius 3 is 2.04 bits per heavy atom. The number of ether oxygens (including phenoxy) is 4. The fourth-order valence-electron chi connectivity index (χ4n) is 13.9. The van der Waals surface area contributed by atoms with Gasteiger partial charge < -0.3 is 70.0 Å². The van der Waals surface area contributed by atoms with Gasteiger partial charge in [0.1, 0.15) is 42.7 Å². The van der Waals surface area contributed by atoms with Crippen molar-refractivity contribution in [3.63, 3.8) is 0 Å². The normalized spacial score (nSPS) is 56.9. The molecule has 7 aliphatic rings. The standard InChI is InChI=1S/C42H70O14/c1-20-28(48)33(56-35-31(51)30(50)29(49)24(17-43)54-35)32(52)36(53-20)55-27-9-10-38(4)25(39(27,5)18-44)8-11-40(6)34(38)23(46)14-21-22-15-37(2,3)12-13-42(22,19-45)26(47)16-41(21,40)7/h15,20-21,23-36,43-52H,8-14,16-19H2,1-7H3/t20-,21+,23+,24-,25-,26+,27+,28+,29-,30+,31-,32-,33+,34-,35+,36+,38+,39+,40-,41-,42-/m1/s1. The van der Waals surface area contributed by atoms with E-state index >= 15 is 0 Å². The molecule has 0 unspecified atom stereocenters. The highest BCUT2D eigenvalue weighted by Gasteiger charge is 2.73. The third kappa shape index (κ3) is 6.17. The van der Waals surface area contributed by atoms with Gasteiger partial charge in [0.25, 0.3) is 0 Å². The minimum Gasteiger partial charge on any atom is -0.396 e. The average Bonchev–Trinajstić information content (AvgIpc) is 3.14. The summed E-state index contributed by atoms with van der Waals surface area (Å²) >= 11 is 0. The van der Waals surface area contributed by atoms with Crippen LogP contribution in [0.2, 0.25) is 0 Å². The van der Waals surface area contributed by atoms with Gasteiger partial charge in [0.15, 0.2) is 12.6 Å². The van der Waals surface area contributed by atoms with Gasteiger partial charge in [-0.2, -0.15) is 0 Å². The Hall–Kier alpha value is -0.820. The summed E-state index contributed by atoms with van der Waals surface area (Å²) < 4.78 is 24.0. The van der Waals surface area contributed by atoms with Gasteiger partial charge >= 0.3 is 0 Å². The second-order valence-corrected chi connectivity index (χ2v) is 20.7. The first-order valence-corrected chi connectivity index (χ1v) is 21.0.